The van der Waals surface area contributed by atoms with Crippen LogP contribution in [-0.4, -0.2) is 23.0 Å². The van der Waals surface area contributed by atoms with E-state index in [1.807, 2.05) is 6.07 Å². The molecular formula is C15H19N3O3. The van der Waals surface area contributed by atoms with E-state index in [1.54, 1.807) is 24.7 Å². The third-order valence-electron chi connectivity index (χ3n) is 3.00. The molecule has 1 N–H and O–H groups in total. The predicted octanol–water partition coefficient (Wildman–Crippen LogP) is 2.03. The highest BCUT2D eigenvalue weighted by atomic mass is 16.5. The van der Waals surface area contributed by atoms with Gasteiger partial charge in [-0.2, -0.15) is 0 Å². The molecule has 0 fully saturated rings. The van der Waals surface area contributed by atoms with E-state index in [0.717, 1.165) is 18.4 Å². The van der Waals surface area contributed by atoms with E-state index in [9.17, 15) is 4.79 Å². The molecule has 6 nitrogen and oxygen atoms in total. The van der Waals surface area contributed by atoms with E-state index in [2.05, 4.69) is 22.2 Å². The van der Waals surface area contributed by atoms with Gasteiger partial charge < -0.3 is 9.15 Å². The lowest BCUT2D eigenvalue weighted by Gasteiger charge is -2.15. The van der Waals surface area contributed by atoms with Crippen LogP contribution in [0.1, 0.15) is 36.6 Å². The molecule has 2 heterocycles. The van der Waals surface area contributed by atoms with Gasteiger partial charge in [-0.3, -0.25) is 10.3 Å². The molecule has 0 radical (unpaired) electrons. The Hall–Kier alpha value is -2.21. The highest BCUT2D eigenvalue weighted by molar-refractivity contribution is 5.77. The van der Waals surface area contributed by atoms with Crippen LogP contribution in [0.2, 0.25) is 0 Å². The molecule has 0 aliphatic rings. The highest BCUT2D eigenvalue weighted by Gasteiger charge is 2.21. The van der Waals surface area contributed by atoms with E-state index < -0.39 is 6.04 Å². The Labute approximate surface area is 123 Å². The third kappa shape index (κ3) is 4.13. The van der Waals surface area contributed by atoms with Crippen LogP contribution in [0.4, 0.5) is 0 Å². The van der Waals surface area contributed by atoms with Gasteiger partial charge in [-0.1, -0.05) is 13.0 Å². The Morgan fingerprint density at radius 3 is 3.00 bits per heavy atom. The zero-order valence-electron chi connectivity index (χ0n) is 12.2. The second-order valence-electron chi connectivity index (χ2n) is 4.59. The van der Waals surface area contributed by atoms with Crippen LogP contribution in [0, 0.1) is 0 Å². The van der Waals surface area contributed by atoms with Crippen molar-refractivity contribution >= 4 is 5.97 Å². The number of nitrogens with one attached hydrogen (secondary N) is 1. The zero-order chi connectivity index (χ0) is 15.1. The SMILES string of the molecule is CCCc1ncc(CNC(C(=O)OC)c2cccnc2)o1. The van der Waals surface area contributed by atoms with E-state index in [-0.39, 0.29) is 5.97 Å². The first-order valence-electron chi connectivity index (χ1n) is 6.89. The summed E-state index contributed by atoms with van der Waals surface area (Å²) >= 11 is 0. The van der Waals surface area contributed by atoms with E-state index in [4.69, 9.17) is 9.15 Å². The molecule has 2 aromatic rings. The first kappa shape index (κ1) is 15.2. The maximum Gasteiger partial charge on any atom is 0.327 e. The lowest BCUT2D eigenvalue weighted by Crippen LogP contribution is -2.29. The smallest absolute Gasteiger partial charge is 0.327 e. The van der Waals surface area contributed by atoms with Crippen LogP contribution in [0.15, 0.2) is 35.1 Å². The van der Waals surface area contributed by atoms with Crippen molar-refractivity contribution in [2.45, 2.75) is 32.4 Å². The average Bonchev–Trinajstić information content (AvgIpc) is 2.96. The first-order chi connectivity index (χ1) is 10.2. The maximum absolute atomic E-state index is 11.9. The normalized spacial score (nSPS) is 12.1. The van der Waals surface area contributed by atoms with Crippen molar-refractivity contribution in [3.05, 3.63) is 47.9 Å². The molecule has 1 unspecified atom stereocenters. The van der Waals surface area contributed by atoms with Gasteiger partial charge in [0, 0.05) is 18.8 Å². The Bertz CT molecular complexity index is 569. The minimum atomic E-state index is -0.580. The quantitative estimate of drug-likeness (QED) is 0.786. The first-order valence-corrected chi connectivity index (χ1v) is 6.89. The molecule has 21 heavy (non-hydrogen) atoms. The van der Waals surface area contributed by atoms with Gasteiger partial charge in [0.05, 0.1) is 19.9 Å². The molecule has 0 amide bonds. The average molecular weight is 289 g/mol. The van der Waals surface area contributed by atoms with Crippen molar-refractivity contribution in [2.24, 2.45) is 0 Å². The number of nitrogens with zero attached hydrogens (tertiary/aromatic N) is 2. The summed E-state index contributed by atoms with van der Waals surface area (Å²) in [6.45, 7) is 2.46. The molecule has 0 bridgehead atoms. The fourth-order valence-corrected chi connectivity index (χ4v) is 1.96. The van der Waals surface area contributed by atoms with Crippen LogP contribution < -0.4 is 5.32 Å². The van der Waals surface area contributed by atoms with Gasteiger partial charge in [-0.05, 0) is 18.1 Å². The zero-order valence-corrected chi connectivity index (χ0v) is 12.2. The Balaban J connectivity index is 2.03. The van der Waals surface area contributed by atoms with Crippen molar-refractivity contribution in [3.63, 3.8) is 0 Å². The summed E-state index contributed by atoms with van der Waals surface area (Å²) in [5.41, 5.74) is 0.748. The van der Waals surface area contributed by atoms with E-state index in [1.165, 1.54) is 7.11 Å². The summed E-state index contributed by atoms with van der Waals surface area (Å²) in [4.78, 5) is 20.1. The van der Waals surface area contributed by atoms with Gasteiger partial charge in [0.15, 0.2) is 5.89 Å². The van der Waals surface area contributed by atoms with E-state index >= 15 is 0 Å². The second kappa shape index (κ2) is 7.54. The van der Waals surface area contributed by atoms with E-state index in [0.29, 0.717) is 18.2 Å². The molecule has 0 saturated heterocycles. The molecule has 0 aliphatic carbocycles. The molecule has 1 atom stereocenters. The molecule has 2 rings (SSSR count). The molecule has 2 aromatic heterocycles. The summed E-state index contributed by atoms with van der Waals surface area (Å²) in [6.07, 6.45) is 6.76. The number of rotatable bonds is 7. The topological polar surface area (TPSA) is 77.2 Å². The fraction of sp³-hybridized carbons (Fsp3) is 0.400. The predicted molar refractivity (Wildman–Crippen MR) is 76.3 cm³/mol. The molecule has 112 valence electrons. The Morgan fingerprint density at radius 1 is 1.48 bits per heavy atom. The molecule has 0 aliphatic heterocycles. The minimum Gasteiger partial charge on any atom is -0.468 e. The van der Waals surface area contributed by atoms with Gasteiger partial charge in [0.25, 0.3) is 0 Å². The van der Waals surface area contributed by atoms with Crippen molar-refractivity contribution < 1.29 is 13.9 Å². The highest BCUT2D eigenvalue weighted by Crippen LogP contribution is 2.14. The summed E-state index contributed by atoms with van der Waals surface area (Å²) in [6, 6.07) is 3.02. The van der Waals surface area contributed by atoms with Crippen molar-refractivity contribution in [2.75, 3.05) is 7.11 Å². The number of carbonyl (C=O) groups excluding carboxylic acids is 1. The second-order valence-corrected chi connectivity index (χ2v) is 4.59. The summed E-state index contributed by atoms with van der Waals surface area (Å²) in [5, 5.41) is 3.11. The fourth-order valence-electron chi connectivity index (χ4n) is 1.96. The van der Waals surface area contributed by atoms with Gasteiger partial charge in [-0.15, -0.1) is 0 Å². The van der Waals surface area contributed by atoms with Crippen LogP contribution >= 0.6 is 0 Å². The Morgan fingerprint density at radius 2 is 2.33 bits per heavy atom. The van der Waals surface area contributed by atoms with Gasteiger partial charge in [-0.25, -0.2) is 9.78 Å². The minimum absolute atomic E-state index is 0.365. The molecule has 0 saturated carbocycles. The number of ether oxygens (including phenoxy) is 1. The number of pyridine rings is 1. The standard InChI is InChI=1S/C15H19N3O3/c1-3-5-13-17-9-12(21-13)10-18-14(15(19)20-2)11-6-4-7-16-8-11/h4,6-9,14,18H,3,5,10H2,1-2H3. The van der Waals surface area contributed by atoms with Crippen LogP contribution in [0.25, 0.3) is 0 Å². The number of aromatic nitrogens is 2. The van der Waals surface area contributed by atoms with Crippen molar-refractivity contribution in [3.8, 4) is 0 Å². The molecule has 0 aromatic carbocycles. The van der Waals surface area contributed by atoms with Gasteiger partial charge >= 0.3 is 5.97 Å². The monoisotopic (exact) mass is 289 g/mol. The number of hydrogen-bond acceptors (Lipinski definition) is 6. The lowest BCUT2D eigenvalue weighted by molar-refractivity contribution is -0.143. The van der Waals surface area contributed by atoms with Crippen LogP contribution in [0.5, 0.6) is 0 Å². The summed E-state index contributed by atoms with van der Waals surface area (Å²) < 4.78 is 10.4. The van der Waals surface area contributed by atoms with Crippen molar-refractivity contribution in [1.82, 2.24) is 15.3 Å². The number of oxazole rings is 1. The van der Waals surface area contributed by atoms with Crippen LogP contribution in [0.3, 0.4) is 0 Å². The largest absolute Gasteiger partial charge is 0.468 e. The number of esters is 1. The molecule has 6 heteroatoms. The molecular weight excluding hydrogens is 270 g/mol. The number of carbonyl (C=O) groups is 1. The molecule has 0 spiro atoms. The lowest BCUT2D eigenvalue weighted by atomic mass is 10.1. The Kier molecular flexibility index (Phi) is 5.45. The maximum atomic E-state index is 11.9. The third-order valence-corrected chi connectivity index (χ3v) is 3.00. The van der Waals surface area contributed by atoms with Crippen LogP contribution in [-0.2, 0) is 22.5 Å². The van der Waals surface area contributed by atoms with Gasteiger partial charge in [0.2, 0.25) is 0 Å². The van der Waals surface area contributed by atoms with Crippen molar-refractivity contribution in [1.29, 1.82) is 0 Å². The number of aryl methyl sites for hydroxylation is 1. The van der Waals surface area contributed by atoms with Gasteiger partial charge in [0.1, 0.15) is 11.8 Å². The number of hydrogen-bond donors (Lipinski definition) is 1. The summed E-state index contributed by atoms with van der Waals surface area (Å²) in [7, 11) is 1.36. The number of methoxy groups -OCH3 is 1. The summed E-state index contributed by atoms with van der Waals surface area (Å²) in [5.74, 6) is 1.04.